The number of aromatic nitrogens is 2. The zero-order valence-corrected chi connectivity index (χ0v) is 18.1. The average Bonchev–Trinajstić information content (AvgIpc) is 2.68. The highest BCUT2D eigenvalue weighted by molar-refractivity contribution is 5.68. The first-order chi connectivity index (χ1) is 14.2. The minimum atomic E-state index is -0.464. The van der Waals surface area contributed by atoms with Gasteiger partial charge in [0.05, 0.1) is 6.04 Å². The van der Waals surface area contributed by atoms with Crippen molar-refractivity contribution in [1.29, 1.82) is 0 Å². The van der Waals surface area contributed by atoms with Crippen LogP contribution in [0.5, 0.6) is 0 Å². The van der Waals surface area contributed by atoms with Crippen LogP contribution in [0.1, 0.15) is 44.9 Å². The quantitative estimate of drug-likeness (QED) is 0.783. The molecule has 0 spiro atoms. The molecule has 1 saturated heterocycles. The Kier molecular flexibility index (Phi) is 6.77. The van der Waals surface area contributed by atoms with Crippen molar-refractivity contribution in [2.75, 3.05) is 31.5 Å². The molecule has 8 nitrogen and oxygen atoms in total. The molecule has 1 aliphatic rings. The molecule has 2 N–H and O–H groups in total. The number of nitrogens with zero attached hydrogens (tertiary/aromatic N) is 3. The summed E-state index contributed by atoms with van der Waals surface area (Å²) in [6.45, 7) is 11.5. The molecule has 1 aromatic heterocycles. The van der Waals surface area contributed by atoms with Gasteiger partial charge in [-0.1, -0.05) is 24.3 Å². The number of nitrogens with one attached hydrogen (secondary N) is 2. The SMILES string of the molecule is CC(Nc1nccc(=O)[nH]1)c1ccc(CN2CCN(C(=O)OC(C)(C)C)CC2)cc1. The lowest BCUT2D eigenvalue weighted by Crippen LogP contribution is -2.49. The predicted octanol–water partition coefficient (Wildman–Crippen LogP) is 3.00. The molecule has 1 atom stereocenters. The molecule has 3 rings (SSSR count). The largest absolute Gasteiger partial charge is 0.444 e. The van der Waals surface area contributed by atoms with Crippen molar-refractivity contribution >= 4 is 12.0 Å². The van der Waals surface area contributed by atoms with Gasteiger partial charge in [0.2, 0.25) is 5.95 Å². The van der Waals surface area contributed by atoms with E-state index in [1.54, 1.807) is 4.90 Å². The number of anilines is 1. The Labute approximate surface area is 177 Å². The van der Waals surface area contributed by atoms with E-state index in [2.05, 4.69) is 44.5 Å². The number of carbonyl (C=O) groups excluding carboxylic acids is 1. The normalized spacial score (nSPS) is 16.2. The van der Waals surface area contributed by atoms with Crippen LogP contribution in [0.2, 0.25) is 0 Å². The van der Waals surface area contributed by atoms with Gasteiger partial charge in [-0.3, -0.25) is 14.7 Å². The Morgan fingerprint density at radius 2 is 1.83 bits per heavy atom. The molecule has 162 valence electrons. The van der Waals surface area contributed by atoms with Crippen LogP contribution in [0, 0.1) is 0 Å². The summed E-state index contributed by atoms with van der Waals surface area (Å²) < 4.78 is 5.45. The predicted molar refractivity (Wildman–Crippen MR) is 116 cm³/mol. The molecule has 1 aliphatic heterocycles. The Morgan fingerprint density at radius 3 is 2.43 bits per heavy atom. The smallest absolute Gasteiger partial charge is 0.410 e. The fourth-order valence-electron chi connectivity index (χ4n) is 3.32. The number of carbonyl (C=O) groups is 1. The minimum absolute atomic E-state index is 0.0157. The highest BCUT2D eigenvalue weighted by Gasteiger charge is 2.25. The molecule has 8 heteroatoms. The molecule has 1 amide bonds. The fraction of sp³-hybridized carbons (Fsp3) is 0.500. The summed E-state index contributed by atoms with van der Waals surface area (Å²) in [5.41, 5.74) is 1.69. The summed E-state index contributed by atoms with van der Waals surface area (Å²) in [4.78, 5) is 34.5. The third kappa shape index (κ3) is 6.32. The number of benzene rings is 1. The molecule has 2 heterocycles. The Bertz CT molecular complexity index is 896. The van der Waals surface area contributed by atoms with Crippen LogP contribution >= 0.6 is 0 Å². The van der Waals surface area contributed by atoms with Gasteiger partial charge in [0.15, 0.2) is 0 Å². The zero-order chi connectivity index (χ0) is 21.7. The van der Waals surface area contributed by atoms with E-state index in [4.69, 9.17) is 4.74 Å². The maximum absolute atomic E-state index is 12.2. The second-order valence-corrected chi connectivity index (χ2v) is 8.63. The van der Waals surface area contributed by atoms with Crippen molar-refractivity contribution in [3.8, 4) is 0 Å². The monoisotopic (exact) mass is 413 g/mol. The van der Waals surface area contributed by atoms with Gasteiger partial charge >= 0.3 is 6.09 Å². The molecule has 1 fully saturated rings. The first-order valence-electron chi connectivity index (χ1n) is 10.3. The molecule has 1 unspecified atom stereocenters. The highest BCUT2D eigenvalue weighted by Crippen LogP contribution is 2.18. The maximum Gasteiger partial charge on any atom is 0.410 e. The second kappa shape index (κ2) is 9.30. The van der Waals surface area contributed by atoms with Crippen LogP contribution < -0.4 is 10.9 Å². The lowest BCUT2D eigenvalue weighted by Gasteiger charge is -2.35. The number of H-pyrrole nitrogens is 1. The molecule has 1 aromatic carbocycles. The van der Waals surface area contributed by atoms with Gasteiger partial charge in [0, 0.05) is 45.0 Å². The van der Waals surface area contributed by atoms with Crippen LogP contribution in [0.25, 0.3) is 0 Å². The standard InChI is InChI=1S/C22H31N5O3/c1-16(24-20-23-10-9-19(28)25-20)18-7-5-17(6-8-18)15-26-11-13-27(14-12-26)21(29)30-22(2,3)4/h5-10,16H,11-15H2,1-4H3,(H2,23,24,25,28). The summed E-state index contributed by atoms with van der Waals surface area (Å²) >= 11 is 0. The van der Waals surface area contributed by atoms with Gasteiger partial charge in [-0.2, -0.15) is 0 Å². The van der Waals surface area contributed by atoms with Gasteiger partial charge in [-0.15, -0.1) is 0 Å². The first kappa shape index (κ1) is 21.8. The van der Waals surface area contributed by atoms with E-state index in [1.807, 2.05) is 27.7 Å². The average molecular weight is 414 g/mol. The molecular weight excluding hydrogens is 382 g/mol. The van der Waals surface area contributed by atoms with E-state index in [-0.39, 0.29) is 17.7 Å². The summed E-state index contributed by atoms with van der Waals surface area (Å²) in [5.74, 6) is 0.460. The maximum atomic E-state index is 12.2. The Morgan fingerprint density at radius 1 is 1.17 bits per heavy atom. The molecule has 0 bridgehead atoms. The van der Waals surface area contributed by atoms with Gasteiger partial charge in [0.1, 0.15) is 5.60 Å². The van der Waals surface area contributed by atoms with Crippen molar-refractivity contribution in [2.24, 2.45) is 0 Å². The number of ether oxygens (including phenoxy) is 1. The van der Waals surface area contributed by atoms with E-state index < -0.39 is 5.60 Å². The topological polar surface area (TPSA) is 90.6 Å². The molecular formula is C22H31N5O3. The number of piperazine rings is 1. The highest BCUT2D eigenvalue weighted by atomic mass is 16.6. The number of hydrogen-bond acceptors (Lipinski definition) is 6. The zero-order valence-electron chi connectivity index (χ0n) is 18.1. The lowest BCUT2D eigenvalue weighted by molar-refractivity contribution is 0.0139. The summed E-state index contributed by atoms with van der Waals surface area (Å²) in [6.07, 6.45) is 1.25. The van der Waals surface area contributed by atoms with Crippen LogP contribution in [-0.2, 0) is 11.3 Å². The van der Waals surface area contributed by atoms with E-state index in [0.717, 1.165) is 25.2 Å². The Hall–Kier alpha value is -2.87. The molecule has 2 aromatic rings. The number of amides is 1. The van der Waals surface area contributed by atoms with Crippen molar-refractivity contribution in [3.63, 3.8) is 0 Å². The Balaban J connectivity index is 1.49. The minimum Gasteiger partial charge on any atom is -0.444 e. The van der Waals surface area contributed by atoms with E-state index in [1.165, 1.54) is 17.8 Å². The van der Waals surface area contributed by atoms with Crippen LogP contribution in [-0.4, -0.2) is 57.6 Å². The first-order valence-corrected chi connectivity index (χ1v) is 10.3. The summed E-state index contributed by atoms with van der Waals surface area (Å²) in [6, 6.07) is 9.82. The van der Waals surface area contributed by atoms with Crippen molar-refractivity contribution in [2.45, 2.75) is 45.9 Å². The molecule has 0 radical (unpaired) electrons. The third-order valence-corrected chi connectivity index (χ3v) is 4.93. The lowest BCUT2D eigenvalue weighted by atomic mass is 10.1. The number of hydrogen-bond donors (Lipinski definition) is 2. The third-order valence-electron chi connectivity index (χ3n) is 4.93. The van der Waals surface area contributed by atoms with Gasteiger partial charge in [0.25, 0.3) is 5.56 Å². The van der Waals surface area contributed by atoms with Crippen LogP contribution in [0.4, 0.5) is 10.7 Å². The van der Waals surface area contributed by atoms with Crippen LogP contribution in [0.3, 0.4) is 0 Å². The van der Waals surface area contributed by atoms with Crippen molar-refractivity contribution < 1.29 is 9.53 Å². The van der Waals surface area contributed by atoms with Crippen molar-refractivity contribution in [1.82, 2.24) is 19.8 Å². The molecule has 0 aliphatic carbocycles. The number of rotatable bonds is 5. The summed E-state index contributed by atoms with van der Waals surface area (Å²) in [5, 5.41) is 3.20. The molecule has 30 heavy (non-hydrogen) atoms. The van der Waals surface area contributed by atoms with Crippen LogP contribution in [0.15, 0.2) is 41.3 Å². The van der Waals surface area contributed by atoms with Gasteiger partial charge in [-0.05, 0) is 38.8 Å². The van der Waals surface area contributed by atoms with Crippen molar-refractivity contribution in [3.05, 3.63) is 58.0 Å². The molecule has 0 saturated carbocycles. The fourth-order valence-corrected chi connectivity index (χ4v) is 3.32. The van der Waals surface area contributed by atoms with E-state index in [9.17, 15) is 9.59 Å². The summed E-state index contributed by atoms with van der Waals surface area (Å²) in [7, 11) is 0. The van der Waals surface area contributed by atoms with Gasteiger partial charge < -0.3 is 15.0 Å². The number of aromatic amines is 1. The van der Waals surface area contributed by atoms with Gasteiger partial charge in [-0.25, -0.2) is 9.78 Å². The van der Waals surface area contributed by atoms with E-state index in [0.29, 0.717) is 19.0 Å². The van der Waals surface area contributed by atoms with E-state index >= 15 is 0 Å². The second-order valence-electron chi connectivity index (χ2n) is 8.63.